The first-order valence-corrected chi connectivity index (χ1v) is 9.29. The molecule has 0 aromatic carbocycles. The second-order valence-electron chi connectivity index (χ2n) is 6.18. The molecular weight excluding hydrogens is 266 g/mol. The van der Waals surface area contributed by atoms with E-state index in [1.807, 2.05) is 0 Å². The van der Waals surface area contributed by atoms with E-state index < -0.39 is 0 Å². The molecule has 1 heterocycles. The smallest absolute Gasteiger partial charge is 0.222 e. The van der Waals surface area contributed by atoms with Crippen LogP contribution in [0, 0.1) is 5.92 Å². The quantitative estimate of drug-likeness (QED) is 0.458. The third kappa shape index (κ3) is 7.56. The third-order valence-electron chi connectivity index (χ3n) is 4.59. The Bertz CT molecular complexity index is 257. The molecule has 1 saturated heterocycles. The Morgan fingerprint density at radius 3 is 2.35 bits per heavy atom. The minimum absolute atomic E-state index is 0.398. The van der Waals surface area contributed by atoms with Crippen molar-refractivity contribution in [2.45, 2.75) is 77.6 Å². The van der Waals surface area contributed by atoms with Gasteiger partial charge in [0.1, 0.15) is 0 Å². The number of carbonyl (C=O) groups excluding carboxylic acids is 1. The summed E-state index contributed by atoms with van der Waals surface area (Å²) in [4.78, 5) is 14.2. The maximum atomic E-state index is 12.0. The van der Waals surface area contributed by atoms with E-state index in [-0.39, 0.29) is 0 Å². The van der Waals surface area contributed by atoms with Crippen LogP contribution in [0.4, 0.5) is 0 Å². The predicted molar refractivity (Wildman–Crippen MR) is 90.4 cm³/mol. The highest BCUT2D eigenvalue weighted by atomic mass is 32.1. The highest BCUT2D eigenvalue weighted by Gasteiger charge is 2.20. The number of likely N-dealkylation sites (tertiary alicyclic amines) is 1. The van der Waals surface area contributed by atoms with Gasteiger partial charge in [0.25, 0.3) is 0 Å². The van der Waals surface area contributed by atoms with Crippen LogP contribution >= 0.6 is 12.6 Å². The molecule has 1 aliphatic rings. The first-order chi connectivity index (χ1) is 9.77. The topological polar surface area (TPSA) is 20.3 Å². The number of rotatable bonds is 10. The lowest BCUT2D eigenvalue weighted by Crippen LogP contribution is -2.31. The molecule has 0 aromatic heterocycles. The molecule has 3 heteroatoms. The molecule has 1 fully saturated rings. The summed E-state index contributed by atoms with van der Waals surface area (Å²) in [6.45, 7) is 4.24. The van der Waals surface area contributed by atoms with Crippen LogP contribution in [0.3, 0.4) is 0 Å². The molecule has 118 valence electrons. The summed E-state index contributed by atoms with van der Waals surface area (Å²) in [7, 11) is 0. The summed E-state index contributed by atoms with van der Waals surface area (Å²) in [5.74, 6) is 2.20. The largest absolute Gasteiger partial charge is 0.343 e. The average Bonchev–Trinajstić information content (AvgIpc) is 2.64. The van der Waals surface area contributed by atoms with Crippen molar-refractivity contribution in [1.82, 2.24) is 4.90 Å². The molecule has 1 amide bonds. The molecule has 0 spiro atoms. The Labute approximate surface area is 131 Å². The van der Waals surface area contributed by atoms with Gasteiger partial charge in [-0.3, -0.25) is 4.79 Å². The normalized spacial score (nSPS) is 20.2. The van der Waals surface area contributed by atoms with Gasteiger partial charge in [0, 0.05) is 19.5 Å². The van der Waals surface area contributed by atoms with E-state index in [0.717, 1.165) is 37.6 Å². The van der Waals surface area contributed by atoms with Gasteiger partial charge in [-0.25, -0.2) is 0 Å². The minimum atomic E-state index is 0.398. The molecule has 1 unspecified atom stereocenters. The lowest BCUT2D eigenvalue weighted by Gasteiger charge is -2.20. The van der Waals surface area contributed by atoms with Crippen molar-refractivity contribution in [2.75, 3.05) is 18.8 Å². The van der Waals surface area contributed by atoms with Gasteiger partial charge in [0.05, 0.1) is 0 Å². The Morgan fingerprint density at radius 1 is 1.05 bits per heavy atom. The van der Waals surface area contributed by atoms with E-state index in [0.29, 0.717) is 5.91 Å². The first-order valence-electron chi connectivity index (χ1n) is 8.66. The first kappa shape index (κ1) is 17.9. The van der Waals surface area contributed by atoms with Gasteiger partial charge in [-0.2, -0.15) is 12.6 Å². The summed E-state index contributed by atoms with van der Waals surface area (Å²) in [6, 6.07) is 0. The van der Waals surface area contributed by atoms with Crippen LogP contribution in [0.2, 0.25) is 0 Å². The molecule has 0 saturated carbocycles. The third-order valence-corrected chi connectivity index (χ3v) is 4.91. The van der Waals surface area contributed by atoms with Gasteiger partial charge in [-0.05, 0) is 37.4 Å². The van der Waals surface area contributed by atoms with Gasteiger partial charge in [-0.15, -0.1) is 0 Å². The fourth-order valence-electron chi connectivity index (χ4n) is 3.04. The summed E-state index contributed by atoms with van der Waals surface area (Å²) in [5, 5.41) is 0. The van der Waals surface area contributed by atoms with E-state index in [2.05, 4.69) is 24.5 Å². The van der Waals surface area contributed by atoms with Crippen molar-refractivity contribution in [3.63, 3.8) is 0 Å². The Hall–Kier alpha value is -0.180. The number of hydrogen-bond donors (Lipinski definition) is 1. The lowest BCUT2D eigenvalue weighted by atomic mass is 9.98. The van der Waals surface area contributed by atoms with Crippen LogP contribution in [-0.2, 0) is 4.79 Å². The summed E-state index contributed by atoms with van der Waals surface area (Å²) in [6.07, 6.45) is 13.4. The van der Waals surface area contributed by atoms with Crippen molar-refractivity contribution in [1.29, 1.82) is 0 Å². The molecule has 0 N–H and O–H groups in total. The Morgan fingerprint density at radius 2 is 1.70 bits per heavy atom. The number of hydrogen-bond acceptors (Lipinski definition) is 2. The van der Waals surface area contributed by atoms with Crippen molar-refractivity contribution >= 4 is 18.5 Å². The summed E-state index contributed by atoms with van der Waals surface area (Å²) < 4.78 is 0. The zero-order valence-corrected chi connectivity index (χ0v) is 14.2. The fraction of sp³-hybridized carbons (Fsp3) is 0.941. The maximum Gasteiger partial charge on any atom is 0.222 e. The van der Waals surface area contributed by atoms with E-state index in [9.17, 15) is 4.79 Å². The molecule has 1 rings (SSSR count). The van der Waals surface area contributed by atoms with Crippen molar-refractivity contribution < 1.29 is 4.79 Å². The van der Waals surface area contributed by atoms with E-state index in [1.54, 1.807) is 0 Å². The number of nitrogens with zero attached hydrogens (tertiary/aromatic N) is 1. The van der Waals surface area contributed by atoms with E-state index in [4.69, 9.17) is 0 Å². The standard InChI is InChI=1S/C17H33NOS/c1-2-16-10-11-17(19)18(14-12-16)13-8-6-4-3-5-7-9-15-20/h16,20H,2-15H2,1H3. The number of thiol groups is 1. The molecular formula is C17H33NOS. The van der Waals surface area contributed by atoms with Crippen LogP contribution in [0.1, 0.15) is 77.6 Å². The van der Waals surface area contributed by atoms with Crippen LogP contribution in [-0.4, -0.2) is 29.6 Å². The lowest BCUT2D eigenvalue weighted by molar-refractivity contribution is -0.130. The highest BCUT2D eigenvalue weighted by molar-refractivity contribution is 7.80. The zero-order chi connectivity index (χ0) is 14.6. The average molecular weight is 300 g/mol. The number of carbonyl (C=O) groups is 1. The Balaban J connectivity index is 2.04. The van der Waals surface area contributed by atoms with E-state index in [1.165, 1.54) is 57.8 Å². The molecule has 1 atom stereocenters. The van der Waals surface area contributed by atoms with Crippen LogP contribution in [0.25, 0.3) is 0 Å². The molecule has 0 aliphatic carbocycles. The van der Waals surface area contributed by atoms with Crippen LogP contribution in [0.15, 0.2) is 0 Å². The van der Waals surface area contributed by atoms with Gasteiger partial charge in [-0.1, -0.05) is 45.4 Å². The number of amides is 1. The van der Waals surface area contributed by atoms with Crippen LogP contribution in [0.5, 0.6) is 0 Å². The second kappa shape index (κ2) is 11.5. The molecule has 0 radical (unpaired) electrons. The van der Waals surface area contributed by atoms with Crippen molar-refractivity contribution in [3.05, 3.63) is 0 Å². The Kier molecular flexibility index (Phi) is 10.3. The summed E-state index contributed by atoms with van der Waals surface area (Å²) >= 11 is 4.23. The summed E-state index contributed by atoms with van der Waals surface area (Å²) in [5.41, 5.74) is 0. The van der Waals surface area contributed by atoms with Gasteiger partial charge < -0.3 is 4.90 Å². The highest BCUT2D eigenvalue weighted by Crippen LogP contribution is 2.21. The number of unbranched alkanes of at least 4 members (excludes halogenated alkanes) is 6. The SMILES string of the molecule is CCC1CCC(=O)N(CCCCCCCCCS)CC1. The maximum absolute atomic E-state index is 12.0. The fourth-order valence-corrected chi connectivity index (χ4v) is 3.26. The predicted octanol–water partition coefficient (Wildman–Crippen LogP) is 4.69. The molecule has 0 aromatic rings. The van der Waals surface area contributed by atoms with Gasteiger partial charge in [0.2, 0.25) is 5.91 Å². The van der Waals surface area contributed by atoms with Crippen molar-refractivity contribution in [2.24, 2.45) is 5.92 Å². The van der Waals surface area contributed by atoms with Gasteiger partial charge >= 0.3 is 0 Å². The second-order valence-corrected chi connectivity index (χ2v) is 6.63. The van der Waals surface area contributed by atoms with Gasteiger partial charge in [0.15, 0.2) is 0 Å². The van der Waals surface area contributed by atoms with Crippen LogP contribution < -0.4 is 0 Å². The monoisotopic (exact) mass is 299 g/mol. The minimum Gasteiger partial charge on any atom is -0.343 e. The molecule has 20 heavy (non-hydrogen) atoms. The molecule has 2 nitrogen and oxygen atoms in total. The molecule has 0 bridgehead atoms. The van der Waals surface area contributed by atoms with E-state index >= 15 is 0 Å². The molecule has 1 aliphatic heterocycles. The van der Waals surface area contributed by atoms with Crippen molar-refractivity contribution in [3.8, 4) is 0 Å². The zero-order valence-electron chi connectivity index (χ0n) is 13.3.